The first-order valence-corrected chi connectivity index (χ1v) is 12.7. The SMILES string of the molecule is CC(NC(=O)C(F)F)[C@H]1C(=O)N2C(C(=O)O)=C(S[C@@H]3CN[C@H](C(=O)N4CCN(C)CC4)C3)[C@H](C)[C@H]12. The lowest BCUT2D eigenvalue weighted by atomic mass is 9.78. The van der Waals surface area contributed by atoms with Gasteiger partial charge in [0.1, 0.15) is 5.70 Å². The molecule has 4 aliphatic heterocycles. The number of hydrogen-bond acceptors (Lipinski definition) is 7. The van der Waals surface area contributed by atoms with Crippen LogP contribution < -0.4 is 10.6 Å². The summed E-state index contributed by atoms with van der Waals surface area (Å²) >= 11 is 1.37. The summed E-state index contributed by atoms with van der Waals surface area (Å²) in [7, 11) is 2.02. The smallest absolute Gasteiger partial charge is 0.353 e. The van der Waals surface area contributed by atoms with Gasteiger partial charge in [0.25, 0.3) is 5.91 Å². The van der Waals surface area contributed by atoms with Gasteiger partial charge in [-0.1, -0.05) is 6.92 Å². The summed E-state index contributed by atoms with van der Waals surface area (Å²) in [5.74, 6) is -4.25. The Morgan fingerprint density at radius 1 is 1.20 bits per heavy atom. The fourth-order valence-electron chi connectivity index (χ4n) is 5.48. The maximum atomic E-state index is 12.9. The lowest BCUT2D eigenvalue weighted by Crippen LogP contribution is -2.66. The highest BCUT2D eigenvalue weighted by atomic mass is 32.2. The predicted molar refractivity (Wildman–Crippen MR) is 123 cm³/mol. The van der Waals surface area contributed by atoms with Crippen molar-refractivity contribution in [2.45, 2.75) is 50.1 Å². The van der Waals surface area contributed by atoms with Gasteiger partial charge in [0.2, 0.25) is 11.8 Å². The zero-order valence-corrected chi connectivity index (χ0v) is 20.7. The molecule has 0 spiro atoms. The molecule has 10 nitrogen and oxygen atoms in total. The Labute approximate surface area is 206 Å². The van der Waals surface area contributed by atoms with Crippen molar-refractivity contribution in [1.82, 2.24) is 25.3 Å². The van der Waals surface area contributed by atoms with E-state index in [0.717, 1.165) is 13.1 Å². The van der Waals surface area contributed by atoms with Gasteiger partial charge in [-0.15, -0.1) is 11.8 Å². The fraction of sp³-hybridized carbons (Fsp3) is 0.727. The number of halogens is 2. The largest absolute Gasteiger partial charge is 0.477 e. The number of carboxylic acid groups (broad SMARTS) is 1. The van der Waals surface area contributed by atoms with Gasteiger partial charge < -0.3 is 30.4 Å². The number of amides is 3. The number of thioether (sulfide) groups is 1. The van der Waals surface area contributed by atoms with Crippen LogP contribution in [-0.4, -0.2) is 113 Å². The zero-order chi connectivity index (χ0) is 25.6. The van der Waals surface area contributed by atoms with E-state index in [2.05, 4.69) is 15.5 Å². The molecule has 3 N–H and O–H groups in total. The molecule has 0 aliphatic carbocycles. The molecule has 0 aromatic heterocycles. The Kier molecular flexibility index (Phi) is 7.39. The van der Waals surface area contributed by atoms with E-state index in [9.17, 15) is 33.1 Å². The van der Waals surface area contributed by atoms with E-state index in [1.54, 1.807) is 0 Å². The second kappa shape index (κ2) is 10.0. The first-order valence-electron chi connectivity index (χ1n) is 11.8. The van der Waals surface area contributed by atoms with Gasteiger partial charge in [0.15, 0.2) is 0 Å². The third-order valence-corrected chi connectivity index (χ3v) is 8.91. The predicted octanol–water partition coefficient (Wildman–Crippen LogP) is -0.233. The molecule has 3 fully saturated rings. The fourth-order valence-corrected chi connectivity index (χ4v) is 6.96. The number of fused-ring (bicyclic) bond motifs is 1. The summed E-state index contributed by atoms with van der Waals surface area (Å²) in [6, 6.07) is -1.72. The van der Waals surface area contributed by atoms with Crippen LogP contribution in [0, 0.1) is 11.8 Å². The van der Waals surface area contributed by atoms with E-state index >= 15 is 0 Å². The number of carbonyl (C=O) groups excluding carboxylic acids is 3. The molecule has 13 heteroatoms. The molecule has 0 radical (unpaired) electrons. The number of piperazine rings is 1. The molecule has 4 aliphatic rings. The molecule has 0 saturated carbocycles. The number of aliphatic carboxylic acids is 1. The second-order valence-electron chi connectivity index (χ2n) is 9.69. The first-order chi connectivity index (χ1) is 16.5. The highest BCUT2D eigenvalue weighted by Crippen LogP contribution is 2.51. The van der Waals surface area contributed by atoms with Gasteiger partial charge in [-0.2, -0.15) is 8.78 Å². The molecule has 4 heterocycles. The van der Waals surface area contributed by atoms with Gasteiger partial charge in [-0.05, 0) is 20.4 Å². The Morgan fingerprint density at radius 3 is 2.46 bits per heavy atom. The summed E-state index contributed by atoms with van der Waals surface area (Å²) in [5, 5.41) is 15.2. The zero-order valence-electron chi connectivity index (χ0n) is 19.9. The van der Waals surface area contributed by atoms with Gasteiger partial charge in [0, 0.05) is 54.8 Å². The molecular weight excluding hydrogens is 484 g/mol. The van der Waals surface area contributed by atoms with Gasteiger partial charge >= 0.3 is 12.4 Å². The first kappa shape index (κ1) is 25.8. The van der Waals surface area contributed by atoms with Crippen molar-refractivity contribution in [1.29, 1.82) is 0 Å². The van der Waals surface area contributed by atoms with Crippen LogP contribution in [0.4, 0.5) is 8.78 Å². The van der Waals surface area contributed by atoms with Crippen molar-refractivity contribution in [2.75, 3.05) is 39.8 Å². The average Bonchev–Trinajstić information content (AvgIpc) is 3.35. The molecule has 4 rings (SSSR count). The number of nitrogens with zero attached hydrogens (tertiary/aromatic N) is 3. The normalized spacial score (nSPS) is 32.1. The van der Waals surface area contributed by atoms with Crippen LogP contribution in [0.5, 0.6) is 0 Å². The van der Waals surface area contributed by atoms with Gasteiger partial charge in [-0.3, -0.25) is 14.4 Å². The van der Waals surface area contributed by atoms with Crippen LogP contribution in [0.2, 0.25) is 0 Å². The minimum absolute atomic E-state index is 0.0496. The third-order valence-electron chi connectivity index (χ3n) is 7.40. The van der Waals surface area contributed by atoms with Crippen molar-refractivity contribution in [3.63, 3.8) is 0 Å². The number of nitrogens with one attached hydrogen (secondary N) is 2. The molecular formula is C22H31F2N5O5S. The average molecular weight is 516 g/mol. The Morgan fingerprint density at radius 2 is 1.86 bits per heavy atom. The Hall–Kier alpha value is -2.25. The van der Waals surface area contributed by atoms with E-state index in [-0.39, 0.29) is 28.8 Å². The van der Waals surface area contributed by atoms with Crippen molar-refractivity contribution < 1.29 is 33.1 Å². The minimum Gasteiger partial charge on any atom is -0.477 e. The number of likely N-dealkylation sites (N-methyl/N-ethyl adjacent to an activating group) is 1. The van der Waals surface area contributed by atoms with Gasteiger partial charge in [-0.25, -0.2) is 4.79 Å². The van der Waals surface area contributed by atoms with E-state index in [4.69, 9.17) is 0 Å². The number of β-lactam (4-membered cyclic amide) rings is 1. The summed E-state index contributed by atoms with van der Waals surface area (Å²) in [6.45, 7) is 6.83. The Balaban J connectivity index is 1.42. The summed E-state index contributed by atoms with van der Waals surface area (Å²) < 4.78 is 25.3. The molecule has 3 amide bonds. The number of hydrogen-bond donors (Lipinski definition) is 3. The summed E-state index contributed by atoms with van der Waals surface area (Å²) in [6.07, 6.45) is -2.65. The second-order valence-corrected chi connectivity index (χ2v) is 11.0. The maximum Gasteiger partial charge on any atom is 0.353 e. The summed E-state index contributed by atoms with van der Waals surface area (Å²) in [4.78, 5) is 55.1. The van der Waals surface area contributed by atoms with E-state index in [1.165, 1.54) is 23.6 Å². The highest BCUT2D eigenvalue weighted by molar-refractivity contribution is 8.03. The monoisotopic (exact) mass is 515 g/mol. The van der Waals surface area contributed by atoms with Crippen molar-refractivity contribution in [3.05, 3.63) is 10.6 Å². The van der Waals surface area contributed by atoms with Crippen LogP contribution in [-0.2, 0) is 19.2 Å². The van der Waals surface area contributed by atoms with E-state index in [0.29, 0.717) is 31.0 Å². The van der Waals surface area contributed by atoms with Crippen molar-refractivity contribution in [2.24, 2.45) is 11.8 Å². The molecule has 1 unspecified atom stereocenters. The molecule has 6 atom stereocenters. The van der Waals surface area contributed by atoms with Crippen molar-refractivity contribution >= 4 is 35.5 Å². The lowest BCUT2D eigenvalue weighted by Gasteiger charge is -2.47. The third kappa shape index (κ3) is 4.77. The Bertz CT molecular complexity index is 941. The van der Waals surface area contributed by atoms with E-state index in [1.807, 2.05) is 18.9 Å². The molecule has 35 heavy (non-hydrogen) atoms. The lowest BCUT2D eigenvalue weighted by molar-refractivity contribution is -0.159. The quantitative estimate of drug-likeness (QED) is 0.398. The van der Waals surface area contributed by atoms with Crippen LogP contribution in [0.3, 0.4) is 0 Å². The topological polar surface area (TPSA) is 122 Å². The number of carboxylic acids is 1. The van der Waals surface area contributed by atoms with Crippen LogP contribution >= 0.6 is 11.8 Å². The van der Waals surface area contributed by atoms with Crippen LogP contribution in [0.25, 0.3) is 0 Å². The number of rotatable bonds is 7. The minimum atomic E-state index is -3.19. The van der Waals surface area contributed by atoms with Gasteiger partial charge in [0.05, 0.1) is 18.0 Å². The maximum absolute atomic E-state index is 12.9. The molecule has 194 valence electrons. The highest BCUT2D eigenvalue weighted by Gasteiger charge is 2.60. The van der Waals surface area contributed by atoms with E-state index < -0.39 is 42.2 Å². The van der Waals surface area contributed by atoms with Crippen LogP contribution in [0.1, 0.15) is 20.3 Å². The standard InChI is InChI=1S/C22H31F2N5O5S/c1-10-15-14(11(2)26-19(30)18(23)24)21(32)29(15)16(22(33)34)17(10)35-12-8-13(25-9-12)20(31)28-6-4-27(3)5-7-28/h10-15,18,25H,4-9H2,1-3H3,(H,26,30)(H,33,34)/t10-,11?,12+,13+,14-,15-/m1/s1. The molecule has 0 bridgehead atoms. The molecule has 3 saturated heterocycles. The molecule has 0 aromatic carbocycles. The number of carbonyl (C=O) groups is 4. The van der Waals surface area contributed by atoms with Crippen LogP contribution in [0.15, 0.2) is 10.6 Å². The summed E-state index contributed by atoms with van der Waals surface area (Å²) in [5.41, 5.74) is -0.0880. The molecule has 0 aromatic rings. The number of alkyl halides is 2. The van der Waals surface area contributed by atoms with Crippen molar-refractivity contribution in [3.8, 4) is 0 Å².